The van der Waals surface area contributed by atoms with Gasteiger partial charge in [0.15, 0.2) is 0 Å². The highest BCUT2D eigenvalue weighted by Gasteiger charge is 2.18. The zero-order valence-electron chi connectivity index (χ0n) is 11.6. The highest BCUT2D eigenvalue weighted by atomic mass is 79.9. The maximum atomic E-state index is 11.4. The van der Waals surface area contributed by atoms with E-state index in [9.17, 15) is 4.79 Å². The summed E-state index contributed by atoms with van der Waals surface area (Å²) in [5.74, 6) is 0.105. The highest BCUT2D eigenvalue weighted by molar-refractivity contribution is 9.10. The largest absolute Gasteiger partial charge is 0.326 e. The van der Waals surface area contributed by atoms with Crippen LogP contribution >= 0.6 is 31.9 Å². The highest BCUT2D eigenvalue weighted by Crippen LogP contribution is 2.35. The molecule has 4 heteroatoms. The van der Waals surface area contributed by atoms with E-state index < -0.39 is 0 Å². The third-order valence-corrected chi connectivity index (χ3v) is 5.72. The van der Waals surface area contributed by atoms with Gasteiger partial charge in [0.05, 0.1) is 4.83 Å². The van der Waals surface area contributed by atoms with Gasteiger partial charge in [0, 0.05) is 16.6 Å². The quantitative estimate of drug-likeness (QED) is 0.686. The molecule has 2 nitrogen and oxygen atoms in total. The van der Waals surface area contributed by atoms with E-state index >= 15 is 0 Å². The topological polar surface area (TPSA) is 29.1 Å². The fourth-order valence-electron chi connectivity index (χ4n) is 2.52. The van der Waals surface area contributed by atoms with Gasteiger partial charge in [-0.25, -0.2) is 0 Å². The van der Waals surface area contributed by atoms with Crippen LogP contribution in [-0.2, 0) is 11.2 Å². The minimum absolute atomic E-state index is 0.105. The van der Waals surface area contributed by atoms with Crippen LogP contribution < -0.4 is 5.32 Å². The Morgan fingerprint density at radius 2 is 1.81 bits per heavy atom. The van der Waals surface area contributed by atoms with Gasteiger partial charge < -0.3 is 5.32 Å². The zero-order chi connectivity index (χ0) is 15.0. The maximum Gasteiger partial charge on any atom is 0.224 e. The summed E-state index contributed by atoms with van der Waals surface area (Å²) in [6.07, 6.45) is 1.38. The van der Waals surface area contributed by atoms with Crippen LogP contribution in [0.15, 0.2) is 40.9 Å². The third-order valence-electron chi connectivity index (χ3n) is 3.81. The van der Waals surface area contributed by atoms with Gasteiger partial charge in [-0.3, -0.25) is 4.79 Å². The molecular weight excluding hydrogens is 394 g/mol. The van der Waals surface area contributed by atoms with Gasteiger partial charge in [-0.1, -0.05) is 56.1 Å². The Morgan fingerprint density at radius 1 is 1.10 bits per heavy atom. The number of anilines is 1. The predicted octanol–water partition coefficient (Wildman–Crippen LogP) is 5.13. The normalized spacial score (nSPS) is 15.3. The summed E-state index contributed by atoms with van der Waals surface area (Å²) in [6, 6.07) is 12.7. The first-order valence-corrected chi connectivity index (χ1v) is 8.58. The molecular formula is C17H15Br2NO. The second-order valence-corrected chi connectivity index (χ2v) is 7.11. The molecule has 1 aliphatic rings. The van der Waals surface area contributed by atoms with Crippen molar-refractivity contribution in [2.75, 3.05) is 5.32 Å². The van der Waals surface area contributed by atoms with Gasteiger partial charge in [0.2, 0.25) is 5.91 Å². The minimum atomic E-state index is 0.105. The first kappa shape index (κ1) is 14.8. The Hall–Kier alpha value is -1.13. The Bertz CT molecular complexity index is 712. The fraction of sp³-hybridized carbons (Fsp3) is 0.235. The lowest BCUT2D eigenvalue weighted by Gasteiger charge is -2.19. The molecule has 0 radical (unpaired) electrons. The number of rotatable bonds is 2. The molecule has 0 saturated heterocycles. The first-order valence-electron chi connectivity index (χ1n) is 6.87. The number of carbonyl (C=O) groups is 1. The van der Waals surface area contributed by atoms with Crippen LogP contribution in [0.4, 0.5) is 5.69 Å². The molecule has 108 valence electrons. The van der Waals surface area contributed by atoms with Crippen molar-refractivity contribution in [2.24, 2.45) is 0 Å². The number of alkyl halides is 1. The van der Waals surface area contributed by atoms with Gasteiger partial charge in [-0.2, -0.15) is 0 Å². The third kappa shape index (κ3) is 3.06. The molecule has 0 aromatic heterocycles. The number of hydrogen-bond donors (Lipinski definition) is 1. The summed E-state index contributed by atoms with van der Waals surface area (Å²) in [5, 5.41) is 2.92. The zero-order valence-corrected chi connectivity index (χ0v) is 14.8. The van der Waals surface area contributed by atoms with E-state index in [0.29, 0.717) is 6.42 Å². The van der Waals surface area contributed by atoms with Crippen molar-refractivity contribution in [1.29, 1.82) is 0 Å². The SMILES string of the molecule is Cc1ccc(C(Br)c2ccc3c(c2)CCC(=O)N3)cc1Br. The van der Waals surface area contributed by atoms with Gasteiger partial charge in [-0.15, -0.1) is 0 Å². The molecule has 1 unspecified atom stereocenters. The van der Waals surface area contributed by atoms with E-state index in [1.165, 1.54) is 22.3 Å². The Kier molecular flexibility index (Phi) is 4.18. The molecule has 1 aliphatic heterocycles. The lowest BCUT2D eigenvalue weighted by atomic mass is 9.97. The lowest BCUT2D eigenvalue weighted by molar-refractivity contribution is -0.116. The number of aryl methyl sites for hydroxylation is 2. The maximum absolute atomic E-state index is 11.4. The molecule has 3 rings (SSSR count). The summed E-state index contributed by atoms with van der Waals surface area (Å²) in [5.41, 5.74) is 5.81. The van der Waals surface area contributed by atoms with E-state index in [4.69, 9.17) is 0 Å². The molecule has 1 N–H and O–H groups in total. The molecule has 2 aromatic carbocycles. The van der Waals surface area contributed by atoms with Crippen molar-refractivity contribution in [3.05, 3.63) is 63.1 Å². The first-order chi connectivity index (χ1) is 10.0. The summed E-state index contributed by atoms with van der Waals surface area (Å²) in [7, 11) is 0. The van der Waals surface area contributed by atoms with Crippen LogP contribution in [0.25, 0.3) is 0 Å². The molecule has 1 heterocycles. The van der Waals surface area contributed by atoms with Crippen LogP contribution in [0.5, 0.6) is 0 Å². The fourth-order valence-corrected chi connectivity index (χ4v) is 3.49. The number of halogens is 2. The van der Waals surface area contributed by atoms with Gasteiger partial charge in [0.1, 0.15) is 0 Å². The second-order valence-electron chi connectivity index (χ2n) is 5.34. The lowest BCUT2D eigenvalue weighted by Crippen LogP contribution is -2.19. The van der Waals surface area contributed by atoms with Crippen LogP contribution in [-0.4, -0.2) is 5.91 Å². The Morgan fingerprint density at radius 3 is 2.57 bits per heavy atom. The summed E-state index contributed by atoms with van der Waals surface area (Å²) in [4.78, 5) is 11.6. The number of benzene rings is 2. The van der Waals surface area contributed by atoms with Crippen molar-refractivity contribution in [3.8, 4) is 0 Å². The molecule has 0 spiro atoms. The monoisotopic (exact) mass is 407 g/mol. The van der Waals surface area contributed by atoms with E-state index in [-0.39, 0.29) is 10.7 Å². The molecule has 0 fully saturated rings. The van der Waals surface area contributed by atoms with Crippen LogP contribution in [0, 0.1) is 6.92 Å². The van der Waals surface area contributed by atoms with E-state index in [0.717, 1.165) is 16.6 Å². The number of carbonyl (C=O) groups excluding carboxylic acids is 1. The van der Waals surface area contributed by atoms with Crippen molar-refractivity contribution in [1.82, 2.24) is 0 Å². The average Bonchev–Trinajstić information content (AvgIpc) is 2.49. The Balaban J connectivity index is 1.93. The second kappa shape index (κ2) is 5.93. The molecule has 2 aromatic rings. The molecule has 1 amide bonds. The van der Waals surface area contributed by atoms with Crippen molar-refractivity contribution in [2.45, 2.75) is 24.6 Å². The summed E-state index contributed by atoms with van der Waals surface area (Å²) < 4.78 is 1.12. The average molecular weight is 409 g/mol. The molecule has 21 heavy (non-hydrogen) atoms. The molecule has 0 saturated carbocycles. The Labute approximate surface area is 141 Å². The molecule has 0 aliphatic carbocycles. The van der Waals surface area contributed by atoms with Gasteiger partial charge >= 0.3 is 0 Å². The number of fused-ring (bicyclic) bond motifs is 1. The summed E-state index contributed by atoms with van der Waals surface area (Å²) in [6.45, 7) is 2.08. The van der Waals surface area contributed by atoms with Crippen LogP contribution in [0.1, 0.15) is 33.5 Å². The number of amides is 1. The van der Waals surface area contributed by atoms with E-state index in [2.05, 4.69) is 74.4 Å². The number of nitrogens with one attached hydrogen (secondary N) is 1. The van der Waals surface area contributed by atoms with E-state index in [1.54, 1.807) is 0 Å². The minimum Gasteiger partial charge on any atom is -0.326 e. The van der Waals surface area contributed by atoms with Gasteiger partial charge in [0.25, 0.3) is 0 Å². The van der Waals surface area contributed by atoms with Crippen LogP contribution in [0.2, 0.25) is 0 Å². The number of hydrogen-bond acceptors (Lipinski definition) is 1. The van der Waals surface area contributed by atoms with Crippen molar-refractivity contribution >= 4 is 43.5 Å². The molecule has 0 bridgehead atoms. The smallest absolute Gasteiger partial charge is 0.224 e. The van der Waals surface area contributed by atoms with Gasteiger partial charge in [-0.05, 0) is 47.7 Å². The van der Waals surface area contributed by atoms with Crippen LogP contribution in [0.3, 0.4) is 0 Å². The standard InChI is InChI=1S/C17H15Br2NO/c1-10-2-3-13(9-14(10)18)17(19)12-4-6-15-11(8-12)5-7-16(21)20-15/h2-4,6,8-9,17H,5,7H2,1H3,(H,20,21). The van der Waals surface area contributed by atoms with E-state index in [1.807, 2.05) is 6.07 Å². The predicted molar refractivity (Wildman–Crippen MR) is 93.0 cm³/mol. The van der Waals surface area contributed by atoms with Crippen molar-refractivity contribution < 1.29 is 4.79 Å². The summed E-state index contributed by atoms with van der Waals surface area (Å²) >= 11 is 7.37. The van der Waals surface area contributed by atoms with Crippen molar-refractivity contribution in [3.63, 3.8) is 0 Å². The molecule has 1 atom stereocenters.